The van der Waals surface area contributed by atoms with Gasteiger partial charge in [-0.05, 0) is 60.8 Å². The highest BCUT2D eigenvalue weighted by atomic mass is 35.5. The molecule has 1 unspecified atom stereocenters. The molecule has 0 aromatic heterocycles. The Balaban J connectivity index is 1.12. The number of hydrogen-bond acceptors (Lipinski definition) is 4. The molecule has 3 atom stereocenters. The Kier molecular flexibility index (Phi) is 6.25. The van der Waals surface area contributed by atoms with Crippen molar-refractivity contribution in [2.75, 3.05) is 6.61 Å². The minimum Gasteiger partial charge on any atom is -0.484 e. The highest BCUT2D eigenvalue weighted by Gasteiger charge is 2.47. The van der Waals surface area contributed by atoms with Crippen LogP contribution in [0.5, 0.6) is 5.75 Å². The fourth-order valence-corrected chi connectivity index (χ4v) is 5.38. The van der Waals surface area contributed by atoms with Crippen molar-refractivity contribution >= 4 is 23.4 Å². The first-order chi connectivity index (χ1) is 16.0. The molecule has 6 nitrogen and oxygen atoms in total. The summed E-state index contributed by atoms with van der Waals surface area (Å²) >= 11 is 5.67. The van der Waals surface area contributed by atoms with Gasteiger partial charge in [0.25, 0.3) is 5.91 Å². The lowest BCUT2D eigenvalue weighted by atomic mass is 9.60. The molecule has 0 saturated heterocycles. The SMILES string of the molecule is O=C(COc1ccc(Cl)c(F)c1)N[C@@H]1C[C@H](NC(=O)C2Cc3ccccc3CN2)C2CC1C2. The van der Waals surface area contributed by atoms with Crippen molar-refractivity contribution < 1.29 is 18.7 Å². The molecule has 3 N–H and O–H groups in total. The normalized spacial score (nSPS) is 27.6. The van der Waals surface area contributed by atoms with E-state index >= 15 is 0 Å². The van der Waals surface area contributed by atoms with E-state index in [4.69, 9.17) is 16.3 Å². The van der Waals surface area contributed by atoms with Crippen molar-refractivity contribution in [1.29, 1.82) is 0 Å². The molecule has 3 aliphatic carbocycles. The molecule has 2 bridgehead atoms. The first kappa shape index (κ1) is 22.2. The van der Waals surface area contributed by atoms with Crippen LogP contribution in [0.4, 0.5) is 4.39 Å². The van der Waals surface area contributed by atoms with Crippen LogP contribution >= 0.6 is 11.6 Å². The maximum Gasteiger partial charge on any atom is 0.258 e. The Morgan fingerprint density at radius 3 is 2.52 bits per heavy atom. The third-order valence-electron chi connectivity index (χ3n) is 7.19. The monoisotopic (exact) mass is 471 g/mol. The number of amides is 2. The molecule has 4 aliphatic rings. The highest BCUT2D eigenvalue weighted by Crippen LogP contribution is 2.45. The summed E-state index contributed by atoms with van der Waals surface area (Å²) in [7, 11) is 0. The lowest BCUT2D eigenvalue weighted by Crippen LogP contribution is -2.62. The van der Waals surface area contributed by atoms with Gasteiger partial charge < -0.3 is 20.7 Å². The Labute approximate surface area is 197 Å². The fourth-order valence-electron chi connectivity index (χ4n) is 5.26. The minimum absolute atomic E-state index is 0.00149. The number of rotatable bonds is 6. The van der Waals surface area contributed by atoms with Gasteiger partial charge in [0, 0.05) is 24.7 Å². The Morgan fingerprint density at radius 1 is 1.03 bits per heavy atom. The number of fused-ring (bicyclic) bond motifs is 3. The van der Waals surface area contributed by atoms with E-state index in [1.807, 2.05) is 12.1 Å². The summed E-state index contributed by atoms with van der Waals surface area (Å²) in [6.45, 7) is 0.497. The molecule has 6 rings (SSSR count). The second-order valence-electron chi connectivity index (χ2n) is 9.29. The van der Waals surface area contributed by atoms with Gasteiger partial charge in [0.15, 0.2) is 6.61 Å². The Bertz CT molecular complexity index is 1060. The van der Waals surface area contributed by atoms with E-state index in [-0.39, 0.29) is 47.3 Å². The van der Waals surface area contributed by atoms with E-state index in [0.717, 1.165) is 18.9 Å². The van der Waals surface area contributed by atoms with Crippen LogP contribution in [-0.4, -0.2) is 36.5 Å². The zero-order valence-electron chi connectivity index (χ0n) is 18.2. The van der Waals surface area contributed by atoms with Gasteiger partial charge in [-0.1, -0.05) is 35.9 Å². The van der Waals surface area contributed by atoms with Gasteiger partial charge in [0.2, 0.25) is 5.91 Å². The molecule has 2 aromatic rings. The first-order valence-corrected chi connectivity index (χ1v) is 11.8. The van der Waals surface area contributed by atoms with Crippen LogP contribution in [0.2, 0.25) is 5.02 Å². The van der Waals surface area contributed by atoms with Crippen LogP contribution < -0.4 is 20.7 Å². The molecular weight excluding hydrogens is 445 g/mol. The summed E-state index contributed by atoms with van der Waals surface area (Å²) in [6, 6.07) is 12.1. The number of hydrogen-bond donors (Lipinski definition) is 3. The summed E-state index contributed by atoms with van der Waals surface area (Å²) < 4.78 is 18.9. The van der Waals surface area contributed by atoms with E-state index in [1.54, 1.807) is 0 Å². The van der Waals surface area contributed by atoms with Gasteiger partial charge >= 0.3 is 0 Å². The minimum atomic E-state index is -0.586. The van der Waals surface area contributed by atoms with Crippen molar-refractivity contribution in [3.63, 3.8) is 0 Å². The summed E-state index contributed by atoms with van der Waals surface area (Å²) in [6.07, 6.45) is 3.40. The Hall–Kier alpha value is -2.64. The molecule has 8 heteroatoms. The van der Waals surface area contributed by atoms with E-state index in [9.17, 15) is 14.0 Å². The molecule has 1 heterocycles. The predicted molar refractivity (Wildman–Crippen MR) is 122 cm³/mol. The molecular formula is C25H27ClFN3O3. The molecule has 3 fully saturated rings. The van der Waals surface area contributed by atoms with Gasteiger partial charge in [-0.15, -0.1) is 0 Å². The van der Waals surface area contributed by atoms with E-state index in [0.29, 0.717) is 31.2 Å². The van der Waals surface area contributed by atoms with E-state index in [2.05, 4.69) is 28.1 Å². The molecule has 0 radical (unpaired) electrons. The van der Waals surface area contributed by atoms with Crippen molar-refractivity contribution in [2.24, 2.45) is 11.8 Å². The van der Waals surface area contributed by atoms with Crippen LogP contribution in [0.1, 0.15) is 30.4 Å². The third kappa shape index (κ3) is 4.84. The van der Waals surface area contributed by atoms with Crippen molar-refractivity contribution in [1.82, 2.24) is 16.0 Å². The molecule has 2 amide bonds. The van der Waals surface area contributed by atoms with Crippen molar-refractivity contribution in [3.8, 4) is 5.75 Å². The van der Waals surface area contributed by atoms with Gasteiger partial charge in [0.05, 0.1) is 11.1 Å². The highest BCUT2D eigenvalue weighted by molar-refractivity contribution is 6.30. The largest absolute Gasteiger partial charge is 0.484 e. The number of carbonyl (C=O) groups excluding carboxylic acids is 2. The average molecular weight is 472 g/mol. The Morgan fingerprint density at radius 2 is 1.76 bits per heavy atom. The second-order valence-corrected chi connectivity index (χ2v) is 9.69. The van der Waals surface area contributed by atoms with E-state index < -0.39 is 5.82 Å². The van der Waals surface area contributed by atoms with Gasteiger partial charge in [-0.2, -0.15) is 0 Å². The zero-order valence-corrected chi connectivity index (χ0v) is 18.9. The number of ether oxygens (including phenoxy) is 1. The number of benzene rings is 2. The molecule has 33 heavy (non-hydrogen) atoms. The predicted octanol–water partition coefficient (Wildman–Crippen LogP) is 2.97. The van der Waals surface area contributed by atoms with Crippen LogP contribution in [0.15, 0.2) is 42.5 Å². The molecule has 2 aromatic carbocycles. The molecule has 0 spiro atoms. The third-order valence-corrected chi connectivity index (χ3v) is 7.50. The lowest BCUT2D eigenvalue weighted by Gasteiger charge is -2.51. The summed E-state index contributed by atoms with van der Waals surface area (Å²) in [5.41, 5.74) is 2.46. The van der Waals surface area contributed by atoms with Gasteiger partial charge in [-0.3, -0.25) is 9.59 Å². The van der Waals surface area contributed by atoms with Crippen LogP contribution in [-0.2, 0) is 22.6 Å². The molecule has 3 saturated carbocycles. The van der Waals surface area contributed by atoms with Crippen molar-refractivity contribution in [2.45, 2.75) is 50.4 Å². The summed E-state index contributed by atoms with van der Waals surface area (Å²) in [5, 5.41) is 9.64. The van der Waals surface area contributed by atoms with Crippen LogP contribution in [0.3, 0.4) is 0 Å². The number of halogens is 2. The molecule has 1 aliphatic heterocycles. The maximum absolute atomic E-state index is 13.5. The zero-order chi connectivity index (χ0) is 22.9. The van der Waals surface area contributed by atoms with E-state index in [1.165, 1.54) is 23.3 Å². The fraction of sp³-hybridized carbons (Fsp3) is 0.440. The maximum atomic E-state index is 13.5. The topological polar surface area (TPSA) is 79.5 Å². The second kappa shape index (κ2) is 9.31. The first-order valence-electron chi connectivity index (χ1n) is 11.4. The van der Waals surface area contributed by atoms with Gasteiger partial charge in [0.1, 0.15) is 11.6 Å². The average Bonchev–Trinajstić information content (AvgIpc) is 2.78. The smallest absolute Gasteiger partial charge is 0.258 e. The molecule has 174 valence electrons. The van der Waals surface area contributed by atoms with Crippen molar-refractivity contribution in [3.05, 3.63) is 64.4 Å². The van der Waals surface area contributed by atoms with Gasteiger partial charge in [-0.25, -0.2) is 4.39 Å². The number of carbonyl (C=O) groups is 2. The summed E-state index contributed by atoms with van der Waals surface area (Å²) in [4.78, 5) is 25.4. The standard InChI is InChI=1S/C25H27ClFN3O3/c26-19-6-5-18(10-20(19)27)33-13-24(31)29-21-11-22(17-7-16(21)8-17)30-25(32)23-9-14-3-1-2-4-15(14)12-28-23/h1-6,10,16-17,21-23,28H,7-9,11-13H2,(H,29,31)(H,30,32)/t16?,17?,21-,22+,23?/m1/s1. The quantitative estimate of drug-likeness (QED) is 0.605. The summed E-state index contributed by atoms with van der Waals surface area (Å²) in [5.74, 6) is 0.341. The van der Waals surface area contributed by atoms with Crippen LogP contribution in [0.25, 0.3) is 0 Å². The lowest BCUT2D eigenvalue weighted by molar-refractivity contribution is -0.127. The number of nitrogens with one attached hydrogen (secondary N) is 3. The van der Waals surface area contributed by atoms with Crippen LogP contribution in [0, 0.1) is 17.7 Å².